The first-order chi connectivity index (χ1) is 9.24. The maximum atomic E-state index is 13.1. The van der Waals surface area contributed by atoms with Gasteiger partial charge < -0.3 is 5.32 Å². The van der Waals surface area contributed by atoms with Crippen LogP contribution in [0, 0.1) is 15.9 Å². The van der Waals surface area contributed by atoms with Crippen molar-refractivity contribution in [2.45, 2.75) is 24.8 Å². The standard InChI is InChI=1S/C11H16FN3O4S/c1-8(2)13-5-6-14-20(18,19)9-3-4-10(12)11(7-9)15(16)17/h3-4,7-8,13-14H,5-6H2,1-2H3. The molecule has 0 atom stereocenters. The minimum Gasteiger partial charge on any atom is -0.313 e. The molecule has 0 bridgehead atoms. The molecule has 0 unspecified atom stereocenters. The van der Waals surface area contributed by atoms with Gasteiger partial charge in [-0.25, -0.2) is 13.1 Å². The van der Waals surface area contributed by atoms with Crippen LogP contribution in [0.5, 0.6) is 0 Å². The van der Waals surface area contributed by atoms with Crippen molar-refractivity contribution in [2.75, 3.05) is 13.1 Å². The van der Waals surface area contributed by atoms with Crippen LogP contribution in [-0.2, 0) is 10.0 Å². The van der Waals surface area contributed by atoms with E-state index in [2.05, 4.69) is 10.0 Å². The van der Waals surface area contributed by atoms with Crippen LogP contribution in [0.3, 0.4) is 0 Å². The molecule has 1 aromatic carbocycles. The molecule has 7 nitrogen and oxygen atoms in total. The van der Waals surface area contributed by atoms with Crippen molar-refractivity contribution in [3.05, 3.63) is 34.1 Å². The van der Waals surface area contributed by atoms with Crippen LogP contribution >= 0.6 is 0 Å². The summed E-state index contributed by atoms with van der Waals surface area (Å²) in [6, 6.07) is 2.67. The molecule has 9 heteroatoms. The lowest BCUT2D eigenvalue weighted by atomic mass is 10.3. The third-order valence-electron chi connectivity index (χ3n) is 2.39. The number of hydrogen-bond donors (Lipinski definition) is 2. The van der Waals surface area contributed by atoms with Crippen LogP contribution in [0.1, 0.15) is 13.8 Å². The second kappa shape index (κ2) is 6.73. The molecule has 1 aromatic rings. The second-order valence-electron chi connectivity index (χ2n) is 4.38. The Morgan fingerprint density at radius 1 is 1.35 bits per heavy atom. The van der Waals surface area contributed by atoms with E-state index in [-0.39, 0.29) is 17.5 Å². The van der Waals surface area contributed by atoms with E-state index in [9.17, 15) is 22.9 Å². The van der Waals surface area contributed by atoms with Gasteiger partial charge in [0.2, 0.25) is 15.8 Å². The van der Waals surface area contributed by atoms with Gasteiger partial charge in [0.25, 0.3) is 0 Å². The van der Waals surface area contributed by atoms with Gasteiger partial charge in [-0.1, -0.05) is 13.8 Å². The van der Waals surface area contributed by atoms with Gasteiger partial charge in [-0.3, -0.25) is 10.1 Å². The molecule has 20 heavy (non-hydrogen) atoms. The van der Waals surface area contributed by atoms with Crippen molar-refractivity contribution in [1.82, 2.24) is 10.0 Å². The summed E-state index contributed by atoms with van der Waals surface area (Å²) < 4.78 is 39.2. The lowest BCUT2D eigenvalue weighted by Crippen LogP contribution is -2.34. The Kier molecular flexibility index (Phi) is 5.54. The number of hydrogen-bond acceptors (Lipinski definition) is 5. The van der Waals surface area contributed by atoms with Crippen molar-refractivity contribution in [2.24, 2.45) is 0 Å². The molecule has 0 aromatic heterocycles. The molecular formula is C11H16FN3O4S. The van der Waals surface area contributed by atoms with Crippen LogP contribution in [0.4, 0.5) is 10.1 Å². The molecule has 0 radical (unpaired) electrons. The monoisotopic (exact) mass is 305 g/mol. The summed E-state index contributed by atoms with van der Waals surface area (Å²) in [6.45, 7) is 4.38. The Morgan fingerprint density at radius 3 is 2.55 bits per heavy atom. The van der Waals surface area contributed by atoms with Gasteiger partial charge >= 0.3 is 5.69 Å². The summed E-state index contributed by atoms with van der Waals surface area (Å²) in [4.78, 5) is 9.28. The average Bonchev–Trinajstić information content (AvgIpc) is 2.34. The lowest BCUT2D eigenvalue weighted by molar-refractivity contribution is -0.387. The number of nitro groups is 1. The number of nitrogens with one attached hydrogen (secondary N) is 2. The molecule has 0 saturated carbocycles. The number of nitrogens with zero attached hydrogens (tertiary/aromatic N) is 1. The Morgan fingerprint density at radius 2 is 2.00 bits per heavy atom. The highest BCUT2D eigenvalue weighted by Gasteiger charge is 2.21. The highest BCUT2D eigenvalue weighted by atomic mass is 32.2. The van der Waals surface area contributed by atoms with E-state index in [4.69, 9.17) is 0 Å². The average molecular weight is 305 g/mol. The lowest BCUT2D eigenvalue weighted by Gasteiger charge is -2.09. The first-order valence-electron chi connectivity index (χ1n) is 5.91. The quantitative estimate of drug-likeness (QED) is 0.445. The number of rotatable bonds is 7. The molecule has 0 aliphatic carbocycles. The predicted octanol–water partition coefficient (Wildman–Crippen LogP) is 1.01. The van der Waals surface area contributed by atoms with E-state index >= 15 is 0 Å². The topological polar surface area (TPSA) is 101 Å². The fourth-order valence-electron chi connectivity index (χ4n) is 1.43. The predicted molar refractivity (Wildman–Crippen MR) is 71.4 cm³/mol. The van der Waals surface area contributed by atoms with E-state index in [1.807, 2.05) is 13.8 Å². The zero-order valence-electron chi connectivity index (χ0n) is 11.1. The maximum Gasteiger partial charge on any atom is 0.306 e. The Bertz CT molecular complexity index is 589. The van der Waals surface area contributed by atoms with Crippen LogP contribution in [0.2, 0.25) is 0 Å². The van der Waals surface area contributed by atoms with Crippen molar-refractivity contribution in [3.8, 4) is 0 Å². The van der Waals surface area contributed by atoms with E-state index in [1.165, 1.54) is 0 Å². The van der Waals surface area contributed by atoms with Gasteiger partial charge in [0.15, 0.2) is 0 Å². The molecular weight excluding hydrogens is 289 g/mol. The fourth-order valence-corrected chi connectivity index (χ4v) is 2.48. The van der Waals surface area contributed by atoms with Gasteiger partial charge in [-0.2, -0.15) is 4.39 Å². The van der Waals surface area contributed by atoms with Gasteiger partial charge in [0.05, 0.1) is 9.82 Å². The summed E-state index contributed by atoms with van der Waals surface area (Å²) in [6.07, 6.45) is 0. The van der Waals surface area contributed by atoms with E-state index in [0.717, 1.165) is 12.1 Å². The van der Waals surface area contributed by atoms with E-state index in [1.54, 1.807) is 0 Å². The van der Waals surface area contributed by atoms with Crippen molar-refractivity contribution in [1.29, 1.82) is 0 Å². The maximum absolute atomic E-state index is 13.1. The minimum atomic E-state index is -3.89. The summed E-state index contributed by atoms with van der Waals surface area (Å²) in [5, 5.41) is 13.6. The molecule has 0 saturated heterocycles. The van der Waals surface area contributed by atoms with E-state index in [0.29, 0.717) is 12.6 Å². The SMILES string of the molecule is CC(C)NCCNS(=O)(=O)c1ccc(F)c([N+](=O)[O-])c1. The normalized spacial score (nSPS) is 11.8. The van der Waals surface area contributed by atoms with Crippen molar-refractivity contribution < 1.29 is 17.7 Å². The summed E-state index contributed by atoms with van der Waals surface area (Å²) in [5.74, 6) is -1.07. The molecule has 0 spiro atoms. The Hall–Kier alpha value is -1.58. The fraction of sp³-hybridized carbons (Fsp3) is 0.455. The molecule has 0 aliphatic rings. The molecule has 2 N–H and O–H groups in total. The smallest absolute Gasteiger partial charge is 0.306 e. The molecule has 112 valence electrons. The Labute approximate surface area is 116 Å². The number of sulfonamides is 1. The van der Waals surface area contributed by atoms with Gasteiger partial charge in [-0.05, 0) is 12.1 Å². The van der Waals surface area contributed by atoms with Crippen LogP contribution < -0.4 is 10.0 Å². The minimum absolute atomic E-state index is 0.131. The molecule has 0 heterocycles. The van der Waals surface area contributed by atoms with Gasteiger partial charge in [-0.15, -0.1) is 0 Å². The zero-order valence-corrected chi connectivity index (χ0v) is 11.9. The number of benzene rings is 1. The Balaban J connectivity index is 2.82. The highest BCUT2D eigenvalue weighted by Crippen LogP contribution is 2.21. The molecule has 1 rings (SSSR count). The first kappa shape index (κ1) is 16.5. The van der Waals surface area contributed by atoms with Crippen LogP contribution in [0.15, 0.2) is 23.1 Å². The van der Waals surface area contributed by atoms with Crippen molar-refractivity contribution in [3.63, 3.8) is 0 Å². The second-order valence-corrected chi connectivity index (χ2v) is 6.14. The highest BCUT2D eigenvalue weighted by molar-refractivity contribution is 7.89. The third kappa shape index (κ3) is 4.51. The van der Waals surface area contributed by atoms with Crippen molar-refractivity contribution >= 4 is 15.7 Å². The van der Waals surface area contributed by atoms with Gasteiger partial charge in [0.1, 0.15) is 0 Å². The van der Waals surface area contributed by atoms with Gasteiger partial charge in [0, 0.05) is 25.2 Å². The third-order valence-corrected chi connectivity index (χ3v) is 3.85. The summed E-state index contributed by atoms with van der Waals surface area (Å²) in [7, 11) is -3.89. The zero-order chi connectivity index (χ0) is 15.3. The largest absolute Gasteiger partial charge is 0.313 e. The number of halogens is 1. The van der Waals surface area contributed by atoms with E-state index < -0.39 is 26.5 Å². The summed E-state index contributed by atoms with van der Waals surface area (Å²) in [5.41, 5.74) is -0.867. The molecule has 0 aliphatic heterocycles. The molecule has 0 amide bonds. The summed E-state index contributed by atoms with van der Waals surface area (Å²) >= 11 is 0. The molecule has 0 fully saturated rings. The first-order valence-corrected chi connectivity index (χ1v) is 7.39. The van der Waals surface area contributed by atoms with Crippen LogP contribution in [-0.4, -0.2) is 32.5 Å². The van der Waals surface area contributed by atoms with Crippen LogP contribution in [0.25, 0.3) is 0 Å². The number of nitro benzene ring substituents is 1.